The van der Waals surface area contributed by atoms with Gasteiger partial charge < -0.3 is 15.1 Å². The zero-order chi connectivity index (χ0) is 11.8. The maximum absolute atomic E-state index is 11.8. The van der Waals surface area contributed by atoms with E-state index in [4.69, 9.17) is 0 Å². The number of likely N-dealkylation sites (N-methyl/N-ethyl adjacent to an activating group) is 2. The summed E-state index contributed by atoms with van der Waals surface area (Å²) < 4.78 is 0. The molecule has 0 saturated carbocycles. The van der Waals surface area contributed by atoms with Gasteiger partial charge in [0.05, 0.1) is 0 Å². The number of carbonyl (C=O) groups is 1. The summed E-state index contributed by atoms with van der Waals surface area (Å²) in [6, 6.07) is -0.269. The molecule has 4 heteroatoms. The lowest BCUT2D eigenvalue weighted by molar-refractivity contribution is -0.130. The molecule has 0 spiro atoms. The highest BCUT2D eigenvalue weighted by atomic mass is 16.2. The van der Waals surface area contributed by atoms with Crippen molar-refractivity contribution in [2.45, 2.75) is 12.5 Å². The second-order valence-corrected chi connectivity index (χ2v) is 3.92. The van der Waals surface area contributed by atoms with Crippen LogP contribution in [-0.4, -0.2) is 63.0 Å². The molecule has 0 aliphatic rings. The normalized spacial score (nSPS) is 12.6. The molecule has 15 heavy (non-hydrogen) atoms. The highest BCUT2D eigenvalue weighted by molar-refractivity contribution is 5.83. The monoisotopic (exact) mass is 213 g/mol. The molecular weight excluding hydrogens is 190 g/mol. The van der Waals surface area contributed by atoms with Gasteiger partial charge in [0.15, 0.2) is 0 Å². The molecule has 0 unspecified atom stereocenters. The Morgan fingerprint density at radius 3 is 2.40 bits per heavy atom. The van der Waals surface area contributed by atoms with Gasteiger partial charge in [0, 0.05) is 13.6 Å². The van der Waals surface area contributed by atoms with Crippen LogP contribution in [-0.2, 0) is 4.79 Å². The number of hydrogen-bond acceptors (Lipinski definition) is 3. The second-order valence-electron chi connectivity index (χ2n) is 3.92. The van der Waals surface area contributed by atoms with Crippen molar-refractivity contribution in [3.63, 3.8) is 0 Å². The van der Waals surface area contributed by atoms with Crippen molar-refractivity contribution in [2.24, 2.45) is 0 Å². The lowest BCUT2D eigenvalue weighted by Crippen LogP contribution is -2.42. The van der Waals surface area contributed by atoms with Gasteiger partial charge in [-0.1, -0.05) is 6.08 Å². The molecule has 0 aromatic rings. The van der Waals surface area contributed by atoms with Crippen LogP contribution < -0.4 is 5.32 Å². The maximum atomic E-state index is 11.8. The van der Waals surface area contributed by atoms with Crippen LogP contribution in [0.25, 0.3) is 0 Å². The molecule has 0 aromatic carbocycles. The fourth-order valence-corrected chi connectivity index (χ4v) is 1.31. The molecule has 0 rings (SSSR count). The van der Waals surface area contributed by atoms with Crippen LogP contribution in [0.1, 0.15) is 6.42 Å². The summed E-state index contributed by atoms with van der Waals surface area (Å²) in [5.74, 6) is 0.0752. The highest BCUT2D eigenvalue weighted by Gasteiger charge is 2.16. The summed E-state index contributed by atoms with van der Waals surface area (Å²) in [5, 5.41) is 2.91. The van der Waals surface area contributed by atoms with Crippen molar-refractivity contribution in [1.82, 2.24) is 15.1 Å². The van der Waals surface area contributed by atoms with Gasteiger partial charge in [-0.2, -0.15) is 0 Å². The number of amides is 1. The topological polar surface area (TPSA) is 35.6 Å². The van der Waals surface area contributed by atoms with Crippen LogP contribution in [0, 0.1) is 0 Å². The lowest BCUT2D eigenvalue weighted by atomic mass is 10.2. The van der Waals surface area contributed by atoms with E-state index in [0.29, 0.717) is 0 Å². The van der Waals surface area contributed by atoms with E-state index in [0.717, 1.165) is 19.5 Å². The van der Waals surface area contributed by atoms with Gasteiger partial charge in [-0.25, -0.2) is 0 Å². The number of nitrogens with zero attached hydrogens (tertiary/aromatic N) is 2. The van der Waals surface area contributed by atoms with E-state index in [1.807, 2.05) is 21.1 Å². The van der Waals surface area contributed by atoms with Gasteiger partial charge in [0.2, 0.25) is 5.91 Å². The Morgan fingerprint density at radius 2 is 2.00 bits per heavy atom. The minimum absolute atomic E-state index is 0.0752. The van der Waals surface area contributed by atoms with Crippen LogP contribution >= 0.6 is 0 Å². The average Bonchev–Trinajstić information content (AvgIpc) is 2.18. The molecule has 1 N–H and O–H groups in total. The standard InChI is InChI=1S/C11H23N3O/c1-6-10(12-2)11(15)14(5)9-7-8-13(3)4/h6,10,12H,1,7-9H2,2-5H3/t10-/m1/s1. The third-order valence-electron chi connectivity index (χ3n) is 2.29. The first-order chi connectivity index (χ1) is 7.02. The van der Waals surface area contributed by atoms with Gasteiger partial charge in [-0.05, 0) is 34.1 Å². The number of carbonyl (C=O) groups excluding carboxylic acids is 1. The summed E-state index contributed by atoms with van der Waals surface area (Å²) >= 11 is 0. The zero-order valence-electron chi connectivity index (χ0n) is 10.3. The predicted molar refractivity (Wildman–Crippen MR) is 63.9 cm³/mol. The number of hydrogen-bond donors (Lipinski definition) is 1. The first kappa shape index (κ1) is 14.1. The van der Waals surface area contributed by atoms with Crippen molar-refractivity contribution in [3.05, 3.63) is 12.7 Å². The van der Waals surface area contributed by atoms with Crippen LogP contribution in [0.5, 0.6) is 0 Å². The molecule has 88 valence electrons. The largest absolute Gasteiger partial charge is 0.344 e. The van der Waals surface area contributed by atoms with E-state index in [1.165, 1.54) is 0 Å². The molecule has 0 aliphatic heterocycles. The fraction of sp³-hybridized carbons (Fsp3) is 0.727. The SMILES string of the molecule is C=C[C@@H](NC)C(=O)N(C)CCCN(C)C. The van der Waals surface area contributed by atoms with Crippen molar-refractivity contribution >= 4 is 5.91 Å². The maximum Gasteiger partial charge on any atom is 0.243 e. The molecule has 1 atom stereocenters. The molecule has 0 heterocycles. The fourth-order valence-electron chi connectivity index (χ4n) is 1.31. The average molecular weight is 213 g/mol. The van der Waals surface area contributed by atoms with Gasteiger partial charge in [-0.3, -0.25) is 4.79 Å². The molecular formula is C11H23N3O. The molecule has 0 aromatic heterocycles. The van der Waals surface area contributed by atoms with Crippen LogP contribution in [0.3, 0.4) is 0 Å². The van der Waals surface area contributed by atoms with Gasteiger partial charge in [0.25, 0.3) is 0 Å². The van der Waals surface area contributed by atoms with E-state index in [2.05, 4.69) is 16.8 Å². The summed E-state index contributed by atoms with van der Waals surface area (Å²) in [5.41, 5.74) is 0. The van der Waals surface area contributed by atoms with Crippen molar-refractivity contribution < 1.29 is 4.79 Å². The molecule has 4 nitrogen and oxygen atoms in total. The first-order valence-corrected chi connectivity index (χ1v) is 5.22. The first-order valence-electron chi connectivity index (χ1n) is 5.22. The van der Waals surface area contributed by atoms with E-state index < -0.39 is 0 Å². The van der Waals surface area contributed by atoms with Crippen LogP contribution in [0.2, 0.25) is 0 Å². The Labute approximate surface area is 92.9 Å². The Balaban J connectivity index is 3.92. The third-order valence-corrected chi connectivity index (χ3v) is 2.29. The van der Waals surface area contributed by atoms with Crippen molar-refractivity contribution in [1.29, 1.82) is 0 Å². The van der Waals surface area contributed by atoms with Gasteiger partial charge in [-0.15, -0.1) is 6.58 Å². The van der Waals surface area contributed by atoms with Gasteiger partial charge >= 0.3 is 0 Å². The minimum atomic E-state index is -0.269. The summed E-state index contributed by atoms with van der Waals surface area (Å²) in [6.07, 6.45) is 2.62. The number of nitrogens with one attached hydrogen (secondary N) is 1. The predicted octanol–water partition coefficient (Wildman–Crippen LogP) is 0.171. The summed E-state index contributed by atoms with van der Waals surface area (Å²) in [7, 11) is 7.65. The molecule has 0 fully saturated rings. The minimum Gasteiger partial charge on any atom is -0.344 e. The summed E-state index contributed by atoms with van der Waals surface area (Å²) in [4.78, 5) is 15.6. The summed E-state index contributed by atoms with van der Waals surface area (Å²) in [6.45, 7) is 5.40. The van der Waals surface area contributed by atoms with Crippen molar-refractivity contribution in [3.8, 4) is 0 Å². The highest BCUT2D eigenvalue weighted by Crippen LogP contribution is 1.95. The Hall–Kier alpha value is -0.870. The van der Waals surface area contributed by atoms with Crippen LogP contribution in [0.15, 0.2) is 12.7 Å². The van der Waals surface area contributed by atoms with E-state index >= 15 is 0 Å². The Morgan fingerprint density at radius 1 is 1.40 bits per heavy atom. The third kappa shape index (κ3) is 5.54. The quantitative estimate of drug-likeness (QED) is 0.612. The molecule has 0 aliphatic carbocycles. The number of rotatable bonds is 7. The second kappa shape index (κ2) is 7.43. The molecule has 0 bridgehead atoms. The van der Waals surface area contributed by atoms with E-state index in [-0.39, 0.29) is 11.9 Å². The smallest absolute Gasteiger partial charge is 0.243 e. The van der Waals surface area contributed by atoms with E-state index in [9.17, 15) is 4.79 Å². The zero-order valence-corrected chi connectivity index (χ0v) is 10.3. The van der Waals surface area contributed by atoms with E-state index in [1.54, 1.807) is 18.0 Å². The van der Waals surface area contributed by atoms with Crippen LogP contribution in [0.4, 0.5) is 0 Å². The molecule has 0 saturated heterocycles. The molecule has 1 amide bonds. The Bertz CT molecular complexity index is 204. The van der Waals surface area contributed by atoms with Gasteiger partial charge in [0.1, 0.15) is 6.04 Å². The molecule has 0 radical (unpaired) electrons. The Kier molecular flexibility index (Phi) is 6.99. The lowest BCUT2D eigenvalue weighted by Gasteiger charge is -2.22. The van der Waals surface area contributed by atoms with Crippen molar-refractivity contribution in [2.75, 3.05) is 41.3 Å².